The van der Waals surface area contributed by atoms with Crippen molar-refractivity contribution in [1.29, 1.82) is 0 Å². The lowest BCUT2D eigenvalue weighted by Gasteiger charge is -2.32. The first-order valence-electron chi connectivity index (χ1n) is 12.0. The summed E-state index contributed by atoms with van der Waals surface area (Å²) in [6.07, 6.45) is 7.04. The van der Waals surface area contributed by atoms with Crippen LogP contribution in [0.25, 0.3) is 17.3 Å². The minimum absolute atomic E-state index is 0.320. The second-order valence-corrected chi connectivity index (χ2v) is 10.6. The van der Waals surface area contributed by atoms with E-state index in [0.717, 1.165) is 61.9 Å². The topological polar surface area (TPSA) is 97.3 Å². The van der Waals surface area contributed by atoms with Crippen LogP contribution in [0.5, 0.6) is 5.88 Å². The van der Waals surface area contributed by atoms with E-state index in [1.54, 1.807) is 30.6 Å². The first kappa shape index (κ1) is 24.5. The second kappa shape index (κ2) is 11.2. The zero-order valence-electron chi connectivity index (χ0n) is 20.0. The quantitative estimate of drug-likeness (QED) is 0.406. The van der Waals surface area contributed by atoms with E-state index in [0.29, 0.717) is 28.3 Å². The number of piperidine rings is 1. The number of imide groups is 1. The molecule has 2 aliphatic heterocycles. The number of anilines is 1. The average molecular weight is 522 g/mol. The Morgan fingerprint density at radius 3 is 2.75 bits per heavy atom. The van der Waals surface area contributed by atoms with E-state index in [-0.39, 0.29) is 5.24 Å². The highest BCUT2D eigenvalue weighted by Crippen LogP contribution is 2.29. The van der Waals surface area contributed by atoms with Gasteiger partial charge in [-0.2, -0.15) is 16.3 Å². The van der Waals surface area contributed by atoms with Crippen molar-refractivity contribution >= 4 is 46.3 Å². The summed E-state index contributed by atoms with van der Waals surface area (Å²) < 4.78 is 5.36. The Labute approximate surface area is 218 Å². The Morgan fingerprint density at radius 2 is 2.03 bits per heavy atom. The third kappa shape index (κ3) is 5.93. The standard InChI is InChI=1S/C26H27N5O3S2/c1-34-23-15-20(14-22-24(32)30-26(33)36-22)28-25(29-23)31-11-8-17(9-12-31)4-2-5-19-6-3-7-21(27-19)18-10-13-35-16-18/h3,6-7,10,13-17H,2,4-5,8-9,11-12H2,1H3,(H,30,32,33)/b22-14-. The number of ether oxygens (including phenoxy) is 1. The van der Waals surface area contributed by atoms with Gasteiger partial charge in [0.2, 0.25) is 11.8 Å². The fourth-order valence-electron chi connectivity index (χ4n) is 4.49. The summed E-state index contributed by atoms with van der Waals surface area (Å²) in [6.45, 7) is 1.74. The number of thiophene rings is 1. The highest BCUT2D eigenvalue weighted by Gasteiger charge is 2.26. The number of nitrogens with zero attached hydrogens (tertiary/aromatic N) is 4. The van der Waals surface area contributed by atoms with Crippen molar-refractivity contribution < 1.29 is 14.3 Å². The van der Waals surface area contributed by atoms with Crippen molar-refractivity contribution in [2.24, 2.45) is 5.92 Å². The molecule has 2 fully saturated rings. The molecule has 10 heteroatoms. The third-order valence-corrected chi connectivity index (χ3v) is 7.90. The van der Waals surface area contributed by atoms with Gasteiger partial charge in [0, 0.05) is 35.8 Å². The van der Waals surface area contributed by atoms with Crippen molar-refractivity contribution in [1.82, 2.24) is 20.3 Å². The molecule has 1 N–H and O–H groups in total. The van der Waals surface area contributed by atoms with Crippen LogP contribution < -0.4 is 15.0 Å². The van der Waals surface area contributed by atoms with Gasteiger partial charge >= 0.3 is 0 Å². The third-order valence-electron chi connectivity index (χ3n) is 6.41. The van der Waals surface area contributed by atoms with Crippen LogP contribution in [0, 0.1) is 5.92 Å². The van der Waals surface area contributed by atoms with E-state index in [9.17, 15) is 9.59 Å². The number of hydrogen-bond acceptors (Lipinski definition) is 9. The largest absolute Gasteiger partial charge is 0.481 e. The molecule has 2 amide bonds. The molecule has 8 nitrogen and oxygen atoms in total. The van der Waals surface area contributed by atoms with Crippen LogP contribution in [0.2, 0.25) is 0 Å². The second-order valence-electron chi connectivity index (χ2n) is 8.84. The van der Waals surface area contributed by atoms with E-state index in [1.165, 1.54) is 12.0 Å². The number of aryl methyl sites for hydroxylation is 1. The molecule has 5 heterocycles. The minimum atomic E-state index is -0.404. The number of nitrogens with one attached hydrogen (secondary N) is 1. The van der Waals surface area contributed by atoms with Gasteiger partial charge in [0.15, 0.2) is 0 Å². The van der Waals surface area contributed by atoms with E-state index >= 15 is 0 Å². The Morgan fingerprint density at radius 1 is 1.17 bits per heavy atom. The number of pyridine rings is 1. The number of aromatic nitrogens is 3. The fourth-order valence-corrected chi connectivity index (χ4v) is 5.81. The molecule has 3 aromatic rings. The Kier molecular flexibility index (Phi) is 7.62. The molecule has 36 heavy (non-hydrogen) atoms. The summed E-state index contributed by atoms with van der Waals surface area (Å²) in [4.78, 5) is 39.8. The zero-order chi connectivity index (χ0) is 24.9. The van der Waals surface area contributed by atoms with Crippen molar-refractivity contribution in [3.05, 3.63) is 57.4 Å². The minimum Gasteiger partial charge on any atom is -0.481 e. The lowest BCUT2D eigenvalue weighted by Crippen LogP contribution is -2.35. The van der Waals surface area contributed by atoms with Gasteiger partial charge in [0.05, 0.1) is 23.4 Å². The Balaban J connectivity index is 1.16. The predicted molar refractivity (Wildman–Crippen MR) is 143 cm³/mol. The van der Waals surface area contributed by atoms with Crippen molar-refractivity contribution in [3.63, 3.8) is 0 Å². The average Bonchev–Trinajstić information content (AvgIpc) is 3.54. The number of thioether (sulfide) groups is 1. The normalized spacial score (nSPS) is 17.6. The first-order chi connectivity index (χ1) is 17.6. The van der Waals surface area contributed by atoms with E-state index < -0.39 is 5.91 Å². The number of hydrogen-bond donors (Lipinski definition) is 1. The maximum atomic E-state index is 11.9. The predicted octanol–water partition coefficient (Wildman–Crippen LogP) is 5.17. The molecule has 0 bridgehead atoms. The van der Waals surface area contributed by atoms with Crippen molar-refractivity contribution in [3.8, 4) is 17.1 Å². The van der Waals surface area contributed by atoms with Gasteiger partial charge in [-0.3, -0.25) is 19.9 Å². The van der Waals surface area contributed by atoms with E-state index in [4.69, 9.17) is 9.72 Å². The number of methoxy groups -OCH3 is 1. The smallest absolute Gasteiger partial charge is 0.290 e. The molecular weight excluding hydrogens is 494 g/mol. The van der Waals surface area contributed by atoms with Crippen LogP contribution in [-0.4, -0.2) is 46.3 Å². The summed E-state index contributed by atoms with van der Waals surface area (Å²) in [5.74, 6) is 1.28. The molecule has 0 aromatic carbocycles. The van der Waals surface area contributed by atoms with Gasteiger partial charge in [-0.25, -0.2) is 4.98 Å². The summed E-state index contributed by atoms with van der Waals surface area (Å²) in [7, 11) is 1.56. The number of carbonyl (C=O) groups excluding carboxylic acids is 2. The molecule has 2 saturated heterocycles. The van der Waals surface area contributed by atoms with E-state index in [1.807, 2.05) is 0 Å². The first-order valence-corrected chi connectivity index (χ1v) is 13.7. The molecule has 5 rings (SSSR count). The number of carbonyl (C=O) groups is 2. The van der Waals surface area contributed by atoms with Gasteiger partial charge in [-0.15, -0.1) is 0 Å². The highest BCUT2D eigenvalue weighted by atomic mass is 32.2. The lowest BCUT2D eigenvalue weighted by molar-refractivity contribution is -0.115. The number of amides is 2. The van der Waals surface area contributed by atoms with Crippen molar-refractivity contribution in [2.75, 3.05) is 25.1 Å². The van der Waals surface area contributed by atoms with Crippen LogP contribution in [-0.2, 0) is 11.2 Å². The van der Waals surface area contributed by atoms with Crippen LogP contribution in [0.15, 0.2) is 46.0 Å². The SMILES string of the molecule is COc1cc(/C=C2\SC(=O)NC2=O)nc(N2CCC(CCCc3cccc(-c4ccsc4)n3)CC2)n1. The van der Waals surface area contributed by atoms with Crippen LogP contribution in [0.1, 0.15) is 37.1 Å². The number of rotatable bonds is 8. The summed E-state index contributed by atoms with van der Waals surface area (Å²) in [6, 6.07) is 10.1. The summed E-state index contributed by atoms with van der Waals surface area (Å²) in [5, 5.41) is 6.11. The monoisotopic (exact) mass is 521 g/mol. The fraction of sp³-hybridized carbons (Fsp3) is 0.346. The maximum absolute atomic E-state index is 11.9. The molecule has 3 aromatic heterocycles. The van der Waals surface area contributed by atoms with Crippen LogP contribution in [0.4, 0.5) is 10.7 Å². The lowest BCUT2D eigenvalue weighted by atomic mass is 9.91. The molecule has 0 saturated carbocycles. The zero-order valence-corrected chi connectivity index (χ0v) is 21.6. The molecular formula is C26H27N5O3S2. The molecule has 0 aliphatic carbocycles. The molecule has 0 unspecified atom stereocenters. The van der Waals surface area contributed by atoms with Crippen molar-refractivity contribution in [2.45, 2.75) is 32.1 Å². The molecule has 0 radical (unpaired) electrons. The summed E-state index contributed by atoms with van der Waals surface area (Å²) >= 11 is 2.57. The van der Waals surface area contributed by atoms with Gasteiger partial charge in [0.25, 0.3) is 11.1 Å². The highest BCUT2D eigenvalue weighted by molar-refractivity contribution is 8.18. The van der Waals surface area contributed by atoms with E-state index in [2.05, 4.69) is 55.2 Å². The van der Waals surface area contributed by atoms with Gasteiger partial charge in [0.1, 0.15) is 0 Å². The Hall–Kier alpha value is -3.24. The van der Waals surface area contributed by atoms with Gasteiger partial charge < -0.3 is 9.64 Å². The Bertz CT molecular complexity index is 1270. The van der Waals surface area contributed by atoms with Gasteiger partial charge in [-0.1, -0.05) is 6.07 Å². The van der Waals surface area contributed by atoms with Gasteiger partial charge in [-0.05, 0) is 79.4 Å². The molecule has 186 valence electrons. The van der Waals surface area contributed by atoms with Crippen LogP contribution >= 0.6 is 23.1 Å². The molecule has 0 atom stereocenters. The molecule has 2 aliphatic rings. The van der Waals surface area contributed by atoms with Crippen LogP contribution in [0.3, 0.4) is 0 Å². The summed E-state index contributed by atoms with van der Waals surface area (Å²) in [5.41, 5.74) is 3.93. The maximum Gasteiger partial charge on any atom is 0.290 e. The molecule has 0 spiro atoms.